The summed E-state index contributed by atoms with van der Waals surface area (Å²) in [5.74, 6) is 0.979. The van der Waals surface area contributed by atoms with E-state index in [4.69, 9.17) is 5.11 Å². The molecule has 0 aliphatic carbocycles. The minimum absolute atomic E-state index is 0.0132. The summed E-state index contributed by atoms with van der Waals surface area (Å²) in [6, 6.07) is 7.61. The fourth-order valence-electron chi connectivity index (χ4n) is 2.35. The average molecular weight is 316 g/mol. The number of aryl methyl sites for hydroxylation is 2. The Labute approximate surface area is 136 Å². The van der Waals surface area contributed by atoms with E-state index in [1.807, 2.05) is 53.9 Å². The Kier molecular flexibility index (Phi) is 6.17. The summed E-state index contributed by atoms with van der Waals surface area (Å²) in [6.07, 6.45) is 4.95. The molecule has 0 spiro atoms. The number of benzene rings is 1. The van der Waals surface area contributed by atoms with E-state index in [0.717, 1.165) is 30.2 Å². The number of aliphatic hydroxyl groups excluding tert-OH is 1. The Morgan fingerprint density at radius 3 is 2.70 bits per heavy atom. The molecule has 0 saturated heterocycles. The van der Waals surface area contributed by atoms with Crippen molar-refractivity contribution in [3.63, 3.8) is 0 Å². The van der Waals surface area contributed by atoms with Crippen molar-refractivity contribution in [1.82, 2.24) is 9.55 Å². The number of hydrogen-bond acceptors (Lipinski definition) is 4. The first-order valence-electron chi connectivity index (χ1n) is 7.80. The van der Waals surface area contributed by atoms with Crippen molar-refractivity contribution in [3.05, 3.63) is 42.5 Å². The highest BCUT2D eigenvalue weighted by molar-refractivity contribution is 5.90. The summed E-state index contributed by atoms with van der Waals surface area (Å²) in [6.45, 7) is 3.45. The Hall–Kier alpha value is -2.34. The van der Waals surface area contributed by atoms with Crippen molar-refractivity contribution in [3.8, 4) is 0 Å². The van der Waals surface area contributed by atoms with Gasteiger partial charge in [-0.15, -0.1) is 0 Å². The molecule has 0 saturated carbocycles. The van der Waals surface area contributed by atoms with Crippen LogP contribution >= 0.6 is 0 Å². The van der Waals surface area contributed by atoms with Gasteiger partial charge in [-0.05, 0) is 37.6 Å². The number of amides is 1. The number of aromatic nitrogens is 2. The van der Waals surface area contributed by atoms with Crippen LogP contribution in [0.1, 0.15) is 18.7 Å². The smallest absolute Gasteiger partial charge is 0.224 e. The maximum absolute atomic E-state index is 12.0. The van der Waals surface area contributed by atoms with Crippen LogP contribution in [0.25, 0.3) is 0 Å². The van der Waals surface area contributed by atoms with Gasteiger partial charge in [-0.1, -0.05) is 0 Å². The predicted molar refractivity (Wildman–Crippen MR) is 91.6 cm³/mol. The van der Waals surface area contributed by atoms with Gasteiger partial charge in [0.25, 0.3) is 0 Å². The van der Waals surface area contributed by atoms with Crippen LogP contribution in [0.2, 0.25) is 0 Å². The lowest BCUT2D eigenvalue weighted by atomic mass is 10.2. The highest BCUT2D eigenvalue weighted by Crippen LogP contribution is 2.17. The van der Waals surface area contributed by atoms with Crippen LogP contribution in [0.4, 0.5) is 11.4 Å². The molecule has 6 heteroatoms. The second kappa shape index (κ2) is 8.33. The zero-order valence-electron chi connectivity index (χ0n) is 13.7. The first-order chi connectivity index (χ1) is 11.1. The molecule has 0 aliphatic rings. The molecule has 6 nitrogen and oxygen atoms in total. The molecular weight excluding hydrogens is 292 g/mol. The van der Waals surface area contributed by atoms with E-state index in [1.54, 1.807) is 6.20 Å². The van der Waals surface area contributed by atoms with E-state index in [0.29, 0.717) is 13.0 Å². The van der Waals surface area contributed by atoms with E-state index < -0.39 is 0 Å². The number of rotatable bonds is 8. The number of nitrogens with one attached hydrogen (secondary N) is 1. The molecule has 0 bridgehead atoms. The van der Waals surface area contributed by atoms with E-state index in [2.05, 4.69) is 10.3 Å². The van der Waals surface area contributed by atoms with Gasteiger partial charge in [0.1, 0.15) is 5.82 Å². The minimum atomic E-state index is 0.0132. The lowest BCUT2D eigenvalue weighted by Gasteiger charge is -2.18. The molecule has 0 atom stereocenters. The Balaban J connectivity index is 1.77. The minimum Gasteiger partial charge on any atom is -0.395 e. The van der Waals surface area contributed by atoms with Crippen LogP contribution in [-0.4, -0.2) is 40.8 Å². The molecule has 1 amide bonds. The molecule has 0 fully saturated rings. The lowest BCUT2D eigenvalue weighted by Crippen LogP contribution is -2.21. The van der Waals surface area contributed by atoms with Gasteiger partial charge in [-0.25, -0.2) is 4.98 Å². The van der Waals surface area contributed by atoms with Crippen LogP contribution in [-0.2, 0) is 11.3 Å². The summed E-state index contributed by atoms with van der Waals surface area (Å²) in [4.78, 5) is 18.1. The fourth-order valence-corrected chi connectivity index (χ4v) is 2.35. The van der Waals surface area contributed by atoms with Gasteiger partial charge < -0.3 is 19.9 Å². The first kappa shape index (κ1) is 17.0. The van der Waals surface area contributed by atoms with Crippen LogP contribution in [0.3, 0.4) is 0 Å². The summed E-state index contributed by atoms with van der Waals surface area (Å²) in [7, 11) is 1.92. The van der Waals surface area contributed by atoms with Gasteiger partial charge >= 0.3 is 0 Å². The fraction of sp³-hybridized carbons (Fsp3) is 0.412. The molecule has 0 unspecified atom stereocenters. The summed E-state index contributed by atoms with van der Waals surface area (Å²) in [5, 5.41) is 11.8. The van der Waals surface area contributed by atoms with E-state index >= 15 is 0 Å². The van der Waals surface area contributed by atoms with Crippen LogP contribution in [0.5, 0.6) is 0 Å². The van der Waals surface area contributed by atoms with Crippen molar-refractivity contribution < 1.29 is 9.90 Å². The van der Waals surface area contributed by atoms with Crippen molar-refractivity contribution in [2.45, 2.75) is 26.3 Å². The number of anilines is 2. The molecule has 2 rings (SSSR count). The molecule has 1 aromatic heterocycles. The number of likely N-dealkylation sites (N-methyl/N-ethyl adjacent to an activating group) is 1. The average Bonchev–Trinajstić information content (AvgIpc) is 2.93. The van der Waals surface area contributed by atoms with Crippen LogP contribution in [0.15, 0.2) is 36.7 Å². The maximum atomic E-state index is 12.0. The number of nitrogens with zero attached hydrogens (tertiary/aromatic N) is 3. The Bertz CT molecular complexity index is 622. The van der Waals surface area contributed by atoms with Crippen molar-refractivity contribution >= 4 is 17.3 Å². The second-order valence-corrected chi connectivity index (χ2v) is 5.51. The second-order valence-electron chi connectivity index (χ2n) is 5.51. The van der Waals surface area contributed by atoms with Gasteiger partial charge in [-0.2, -0.15) is 0 Å². The molecule has 2 N–H and O–H groups in total. The Morgan fingerprint density at radius 1 is 1.35 bits per heavy atom. The largest absolute Gasteiger partial charge is 0.395 e. The van der Waals surface area contributed by atoms with Crippen molar-refractivity contribution in [2.75, 3.05) is 30.4 Å². The van der Waals surface area contributed by atoms with Gasteiger partial charge in [-0.3, -0.25) is 4.79 Å². The molecular formula is C17H24N4O2. The van der Waals surface area contributed by atoms with E-state index in [-0.39, 0.29) is 12.5 Å². The first-order valence-corrected chi connectivity index (χ1v) is 7.80. The summed E-state index contributed by atoms with van der Waals surface area (Å²) < 4.78 is 2.04. The molecule has 2 aromatic rings. The monoisotopic (exact) mass is 316 g/mol. The third-order valence-corrected chi connectivity index (χ3v) is 3.75. The third-order valence-electron chi connectivity index (χ3n) is 3.75. The highest BCUT2D eigenvalue weighted by atomic mass is 16.3. The number of carbonyl (C=O) groups is 1. The number of carbonyl (C=O) groups excluding carboxylic acids is 1. The van der Waals surface area contributed by atoms with Crippen molar-refractivity contribution in [1.29, 1.82) is 0 Å². The van der Waals surface area contributed by atoms with Gasteiger partial charge in [0.2, 0.25) is 5.91 Å². The quantitative estimate of drug-likeness (QED) is 0.782. The number of aliphatic hydroxyl groups is 1. The standard InChI is InChI=1S/C17H24N4O2/c1-14-18-9-11-21(14)10-3-4-17(23)19-15-5-7-16(8-6-15)20(2)12-13-22/h5-9,11,22H,3-4,10,12-13H2,1-2H3,(H,19,23). The summed E-state index contributed by atoms with van der Waals surface area (Å²) in [5.41, 5.74) is 1.79. The zero-order chi connectivity index (χ0) is 16.7. The topological polar surface area (TPSA) is 70.4 Å². The molecule has 0 aliphatic heterocycles. The number of imidazole rings is 1. The molecule has 1 aromatic carbocycles. The zero-order valence-corrected chi connectivity index (χ0v) is 13.7. The van der Waals surface area contributed by atoms with Crippen molar-refractivity contribution in [2.24, 2.45) is 0 Å². The molecule has 124 valence electrons. The highest BCUT2D eigenvalue weighted by Gasteiger charge is 2.05. The normalized spacial score (nSPS) is 10.6. The van der Waals surface area contributed by atoms with Crippen LogP contribution in [0, 0.1) is 6.92 Å². The van der Waals surface area contributed by atoms with Gasteiger partial charge in [0, 0.05) is 50.3 Å². The SMILES string of the molecule is Cc1nccn1CCCC(=O)Nc1ccc(N(C)CCO)cc1. The van der Waals surface area contributed by atoms with Gasteiger partial charge in [0.05, 0.1) is 6.61 Å². The van der Waals surface area contributed by atoms with Gasteiger partial charge in [0.15, 0.2) is 0 Å². The van der Waals surface area contributed by atoms with E-state index in [1.165, 1.54) is 0 Å². The lowest BCUT2D eigenvalue weighted by molar-refractivity contribution is -0.116. The van der Waals surface area contributed by atoms with Crippen LogP contribution < -0.4 is 10.2 Å². The third kappa shape index (κ3) is 5.10. The summed E-state index contributed by atoms with van der Waals surface area (Å²) >= 11 is 0. The van der Waals surface area contributed by atoms with E-state index in [9.17, 15) is 4.79 Å². The number of hydrogen-bond donors (Lipinski definition) is 2. The molecule has 1 heterocycles. The molecule has 23 heavy (non-hydrogen) atoms. The predicted octanol–water partition coefficient (Wildman–Crippen LogP) is 2.04. The molecule has 0 radical (unpaired) electrons. The Morgan fingerprint density at radius 2 is 2.09 bits per heavy atom. The maximum Gasteiger partial charge on any atom is 0.224 e.